The van der Waals surface area contributed by atoms with Crippen LogP contribution in [0.1, 0.15) is 12.6 Å². The minimum absolute atomic E-state index is 0.230. The van der Waals surface area contributed by atoms with Gasteiger partial charge in [-0.1, -0.05) is 19.6 Å². The van der Waals surface area contributed by atoms with E-state index in [0.717, 1.165) is 18.3 Å². The van der Waals surface area contributed by atoms with Crippen molar-refractivity contribution in [3.05, 3.63) is 18.2 Å². The van der Waals surface area contributed by atoms with E-state index in [9.17, 15) is 4.79 Å². The maximum atomic E-state index is 11.4. The van der Waals surface area contributed by atoms with Crippen molar-refractivity contribution in [2.24, 2.45) is 0 Å². The quantitative estimate of drug-likeness (QED) is 0.417. The topological polar surface area (TPSA) is 53.3 Å². The van der Waals surface area contributed by atoms with Crippen LogP contribution in [0.3, 0.4) is 0 Å². The number of ether oxygens (including phenoxy) is 2. The van der Waals surface area contributed by atoms with Crippen LogP contribution in [0.5, 0.6) is 0 Å². The zero-order valence-corrected chi connectivity index (χ0v) is 13.3. The summed E-state index contributed by atoms with van der Waals surface area (Å²) in [5, 5.41) is 0. The van der Waals surface area contributed by atoms with Crippen molar-refractivity contribution in [2.45, 2.75) is 45.8 Å². The van der Waals surface area contributed by atoms with Gasteiger partial charge in [0.05, 0.1) is 25.0 Å². The lowest BCUT2D eigenvalue weighted by molar-refractivity contribution is -0.142. The molecular formula is C13H24N2O3Si. The third-order valence-electron chi connectivity index (χ3n) is 2.66. The average Bonchev–Trinajstić information content (AvgIpc) is 2.71. The van der Waals surface area contributed by atoms with E-state index in [2.05, 4.69) is 24.6 Å². The van der Waals surface area contributed by atoms with Gasteiger partial charge in [0.25, 0.3) is 0 Å². The van der Waals surface area contributed by atoms with Gasteiger partial charge >= 0.3 is 5.97 Å². The largest absolute Gasteiger partial charge is 0.466 e. The molecule has 0 bridgehead atoms. The lowest BCUT2D eigenvalue weighted by atomic mass is 10.3. The van der Waals surface area contributed by atoms with Crippen molar-refractivity contribution < 1.29 is 14.3 Å². The molecule has 0 saturated carbocycles. The minimum atomic E-state index is -1.05. The highest BCUT2D eigenvalue weighted by atomic mass is 28.3. The van der Waals surface area contributed by atoms with Gasteiger partial charge in [-0.15, -0.1) is 0 Å². The fraction of sp³-hybridized carbons (Fsp3) is 0.692. The SMILES string of the molecule is CCOC(=O)Cc1cncn1COCC[Si](C)(C)C. The highest BCUT2D eigenvalue weighted by Crippen LogP contribution is 2.08. The molecule has 5 nitrogen and oxygen atoms in total. The molecule has 0 N–H and O–H groups in total. The van der Waals surface area contributed by atoms with Gasteiger partial charge in [-0.2, -0.15) is 0 Å². The number of carbonyl (C=O) groups excluding carboxylic acids is 1. The lowest BCUT2D eigenvalue weighted by Gasteiger charge is -2.16. The molecule has 0 aliphatic heterocycles. The number of nitrogens with zero attached hydrogens (tertiary/aromatic N) is 2. The van der Waals surface area contributed by atoms with E-state index in [4.69, 9.17) is 9.47 Å². The summed E-state index contributed by atoms with van der Waals surface area (Å²) in [4.78, 5) is 15.5. The second-order valence-electron chi connectivity index (χ2n) is 5.68. The highest BCUT2D eigenvalue weighted by molar-refractivity contribution is 6.76. The van der Waals surface area contributed by atoms with Gasteiger partial charge in [-0.3, -0.25) is 4.79 Å². The van der Waals surface area contributed by atoms with Crippen LogP contribution in [0, 0.1) is 0 Å². The zero-order chi connectivity index (χ0) is 14.3. The maximum absolute atomic E-state index is 11.4. The first-order valence-electron chi connectivity index (χ1n) is 6.65. The molecule has 6 heteroatoms. The molecule has 19 heavy (non-hydrogen) atoms. The van der Waals surface area contributed by atoms with E-state index in [1.165, 1.54) is 0 Å². The van der Waals surface area contributed by atoms with E-state index in [1.54, 1.807) is 19.4 Å². The van der Waals surface area contributed by atoms with Crippen LogP contribution >= 0.6 is 0 Å². The number of aromatic nitrogens is 2. The first-order chi connectivity index (χ1) is 8.92. The summed E-state index contributed by atoms with van der Waals surface area (Å²) >= 11 is 0. The predicted molar refractivity (Wildman–Crippen MR) is 76.7 cm³/mol. The fourth-order valence-electron chi connectivity index (χ4n) is 1.51. The number of carbonyl (C=O) groups is 1. The number of esters is 1. The Hall–Kier alpha value is -1.14. The molecule has 0 amide bonds. The van der Waals surface area contributed by atoms with Gasteiger partial charge in [0, 0.05) is 20.9 Å². The molecule has 1 aromatic rings. The monoisotopic (exact) mass is 284 g/mol. The highest BCUT2D eigenvalue weighted by Gasteiger charge is 2.13. The molecule has 108 valence electrons. The third kappa shape index (κ3) is 6.54. The minimum Gasteiger partial charge on any atom is -0.466 e. The Bertz CT molecular complexity index is 399. The number of imidazole rings is 1. The molecule has 1 rings (SSSR count). The van der Waals surface area contributed by atoms with E-state index >= 15 is 0 Å². The summed E-state index contributed by atoms with van der Waals surface area (Å²) in [6, 6.07) is 1.13. The van der Waals surface area contributed by atoms with Gasteiger partial charge in [0.2, 0.25) is 0 Å². The van der Waals surface area contributed by atoms with Crippen LogP contribution in [-0.4, -0.2) is 36.8 Å². The summed E-state index contributed by atoms with van der Waals surface area (Å²) < 4.78 is 12.4. The van der Waals surface area contributed by atoms with Crippen molar-refractivity contribution in [1.29, 1.82) is 0 Å². The zero-order valence-electron chi connectivity index (χ0n) is 12.3. The Balaban J connectivity index is 2.38. The Morgan fingerprint density at radius 1 is 1.42 bits per heavy atom. The number of rotatable bonds is 8. The predicted octanol–water partition coefficient (Wildman–Crippen LogP) is 2.30. The van der Waals surface area contributed by atoms with E-state index in [1.807, 2.05) is 4.57 Å². The molecule has 0 radical (unpaired) electrons. The van der Waals surface area contributed by atoms with E-state index in [0.29, 0.717) is 13.3 Å². The van der Waals surface area contributed by atoms with Gasteiger partial charge in [-0.05, 0) is 13.0 Å². The fourth-order valence-corrected chi connectivity index (χ4v) is 2.27. The van der Waals surface area contributed by atoms with Crippen molar-refractivity contribution in [1.82, 2.24) is 9.55 Å². The van der Waals surface area contributed by atoms with Crippen LogP contribution in [0.4, 0.5) is 0 Å². The Labute approximate surface area is 115 Å². The maximum Gasteiger partial charge on any atom is 0.311 e. The molecule has 0 saturated heterocycles. The molecule has 0 spiro atoms. The molecule has 0 fully saturated rings. The van der Waals surface area contributed by atoms with Gasteiger partial charge in [0.1, 0.15) is 6.73 Å². The third-order valence-corrected chi connectivity index (χ3v) is 4.36. The number of hydrogen-bond donors (Lipinski definition) is 0. The molecular weight excluding hydrogens is 260 g/mol. The summed E-state index contributed by atoms with van der Waals surface area (Å²) in [6.07, 6.45) is 3.60. The van der Waals surface area contributed by atoms with Crippen molar-refractivity contribution in [3.63, 3.8) is 0 Å². The Morgan fingerprint density at radius 3 is 2.79 bits per heavy atom. The molecule has 0 aliphatic rings. The van der Waals surface area contributed by atoms with Crippen molar-refractivity contribution in [2.75, 3.05) is 13.2 Å². The second-order valence-corrected chi connectivity index (χ2v) is 11.3. The first kappa shape index (κ1) is 15.9. The normalized spacial score (nSPS) is 11.6. The summed E-state index contributed by atoms with van der Waals surface area (Å²) in [7, 11) is -1.05. The number of hydrogen-bond acceptors (Lipinski definition) is 4. The summed E-state index contributed by atoms with van der Waals surface area (Å²) in [5.74, 6) is -0.230. The molecule has 0 aromatic carbocycles. The Kier molecular flexibility index (Phi) is 6.24. The van der Waals surface area contributed by atoms with Crippen LogP contribution in [0.2, 0.25) is 25.7 Å². The van der Waals surface area contributed by atoms with Gasteiger partial charge < -0.3 is 14.0 Å². The molecule has 0 aliphatic carbocycles. The van der Waals surface area contributed by atoms with Crippen molar-refractivity contribution in [3.8, 4) is 0 Å². The van der Waals surface area contributed by atoms with E-state index in [-0.39, 0.29) is 12.4 Å². The Morgan fingerprint density at radius 2 is 2.16 bits per heavy atom. The summed E-state index contributed by atoms with van der Waals surface area (Å²) in [6.45, 7) is 10.4. The van der Waals surface area contributed by atoms with E-state index < -0.39 is 8.07 Å². The van der Waals surface area contributed by atoms with Crippen LogP contribution in [-0.2, 0) is 27.4 Å². The second kappa shape index (κ2) is 7.45. The first-order valence-corrected chi connectivity index (χ1v) is 10.4. The standard InChI is InChI=1S/C13H24N2O3Si/c1-5-18-13(16)8-12-9-14-10-15(12)11-17-6-7-19(2,3)4/h9-10H,5-8,11H2,1-4H3. The summed E-state index contributed by atoms with van der Waals surface area (Å²) in [5.41, 5.74) is 0.825. The van der Waals surface area contributed by atoms with Crippen LogP contribution in [0.15, 0.2) is 12.5 Å². The molecule has 0 atom stereocenters. The van der Waals surface area contributed by atoms with Crippen molar-refractivity contribution >= 4 is 14.0 Å². The molecule has 1 heterocycles. The smallest absolute Gasteiger partial charge is 0.311 e. The van der Waals surface area contributed by atoms with Crippen LogP contribution in [0.25, 0.3) is 0 Å². The molecule has 0 unspecified atom stereocenters. The molecule has 1 aromatic heterocycles. The van der Waals surface area contributed by atoms with Gasteiger partial charge in [0.15, 0.2) is 0 Å². The van der Waals surface area contributed by atoms with Gasteiger partial charge in [-0.25, -0.2) is 4.98 Å². The lowest BCUT2D eigenvalue weighted by Crippen LogP contribution is -2.22. The average molecular weight is 284 g/mol. The van der Waals surface area contributed by atoms with Crippen LogP contribution < -0.4 is 0 Å².